The lowest BCUT2D eigenvalue weighted by atomic mass is 9.81. The molecule has 0 saturated heterocycles. The summed E-state index contributed by atoms with van der Waals surface area (Å²) in [5, 5.41) is 0. The zero-order valence-electron chi connectivity index (χ0n) is 23.0. The van der Waals surface area contributed by atoms with Gasteiger partial charge in [-0.05, 0) is 69.7 Å². The van der Waals surface area contributed by atoms with Crippen molar-refractivity contribution >= 4 is 39.3 Å². The van der Waals surface area contributed by atoms with Crippen molar-refractivity contribution in [1.82, 2.24) is 0 Å². The molecular formula is C29H35N2O6S2-. The van der Waals surface area contributed by atoms with E-state index in [-0.39, 0.29) is 16.1 Å². The first-order chi connectivity index (χ1) is 18.2. The van der Waals surface area contributed by atoms with E-state index in [1.54, 1.807) is 24.3 Å². The van der Waals surface area contributed by atoms with E-state index in [0.29, 0.717) is 0 Å². The summed E-state index contributed by atoms with van der Waals surface area (Å²) in [6, 6.07) is 10.2. The molecular weight excluding hydrogens is 536 g/mol. The molecule has 2 aliphatic heterocycles. The van der Waals surface area contributed by atoms with Crippen molar-refractivity contribution < 1.29 is 31.2 Å². The molecule has 1 unspecified atom stereocenters. The number of nitrogens with zero attached hydrogens (tertiary/aromatic N) is 2. The molecule has 2 aromatic carbocycles. The molecule has 0 fully saturated rings. The zero-order chi connectivity index (χ0) is 28.8. The Morgan fingerprint density at radius 1 is 1.03 bits per heavy atom. The Balaban J connectivity index is 1.61. The molecule has 2 N–H and O–H groups in total. The molecule has 0 spiro atoms. The molecule has 0 bridgehead atoms. The van der Waals surface area contributed by atoms with Gasteiger partial charge in [-0.25, -0.2) is 4.21 Å². The van der Waals surface area contributed by atoms with Crippen LogP contribution in [0.5, 0.6) is 5.75 Å². The van der Waals surface area contributed by atoms with Gasteiger partial charge in [-0.15, -0.1) is 0 Å². The van der Waals surface area contributed by atoms with Crippen molar-refractivity contribution in [3.05, 3.63) is 83.6 Å². The van der Waals surface area contributed by atoms with Crippen molar-refractivity contribution in [3.63, 3.8) is 0 Å². The summed E-state index contributed by atoms with van der Waals surface area (Å²) in [6.07, 6.45) is 10.1. The summed E-state index contributed by atoms with van der Waals surface area (Å²) in [6.45, 7) is 13.9. The predicted molar refractivity (Wildman–Crippen MR) is 155 cm³/mol. The van der Waals surface area contributed by atoms with Crippen molar-refractivity contribution in [3.8, 4) is 5.75 Å². The molecule has 2 aromatic rings. The highest BCUT2D eigenvalue weighted by Gasteiger charge is 2.44. The minimum atomic E-state index is -4.04. The topological polar surface area (TPSA) is 119 Å². The van der Waals surface area contributed by atoms with Crippen LogP contribution in [0.1, 0.15) is 52.7 Å². The lowest BCUT2D eigenvalue weighted by molar-refractivity contribution is -0.433. The second kappa shape index (κ2) is 10.7. The van der Waals surface area contributed by atoms with E-state index >= 15 is 0 Å². The van der Waals surface area contributed by atoms with Crippen LogP contribution in [0.4, 0.5) is 11.4 Å². The molecule has 1 atom stereocenters. The lowest BCUT2D eigenvalue weighted by Gasteiger charge is -2.34. The van der Waals surface area contributed by atoms with Gasteiger partial charge in [-0.2, -0.15) is 4.58 Å². The number of fused-ring (bicyclic) bond motifs is 2. The van der Waals surface area contributed by atoms with Gasteiger partial charge in [0.2, 0.25) is 5.69 Å². The fourth-order valence-electron chi connectivity index (χ4n) is 5.64. The number of benzene rings is 2. The molecule has 39 heavy (non-hydrogen) atoms. The van der Waals surface area contributed by atoms with Crippen LogP contribution in [-0.4, -0.2) is 45.8 Å². The van der Waals surface area contributed by atoms with Crippen LogP contribution in [0.3, 0.4) is 0 Å². The molecule has 8 nitrogen and oxygen atoms in total. The van der Waals surface area contributed by atoms with Gasteiger partial charge in [0.25, 0.3) is 0 Å². The van der Waals surface area contributed by atoms with Crippen LogP contribution in [0.2, 0.25) is 0 Å². The quantitative estimate of drug-likeness (QED) is 0.216. The first kappa shape index (κ1) is 29.3. The Kier molecular flexibility index (Phi) is 8.01. The van der Waals surface area contributed by atoms with E-state index in [0.717, 1.165) is 47.0 Å². The van der Waals surface area contributed by atoms with Crippen LogP contribution < -0.4 is 9.08 Å². The van der Waals surface area contributed by atoms with Crippen LogP contribution in [0, 0.1) is 0 Å². The molecule has 0 aliphatic carbocycles. The second-order valence-electron chi connectivity index (χ2n) is 10.6. The van der Waals surface area contributed by atoms with Gasteiger partial charge < -0.3 is 27.3 Å². The third-order valence-corrected chi connectivity index (χ3v) is 8.76. The van der Waals surface area contributed by atoms with Gasteiger partial charge >= 0.3 is 0 Å². The van der Waals surface area contributed by atoms with Crippen molar-refractivity contribution in [1.29, 1.82) is 0 Å². The fraction of sp³-hybridized carbons (Fsp3) is 0.345. The molecule has 10 heteroatoms. The van der Waals surface area contributed by atoms with Crippen LogP contribution in [-0.2, 0) is 22.2 Å². The normalized spacial score (nSPS) is 20.3. The second-order valence-corrected chi connectivity index (χ2v) is 12.6. The van der Waals surface area contributed by atoms with Crippen LogP contribution in [0.25, 0.3) is 0 Å². The van der Waals surface area contributed by atoms with Gasteiger partial charge in [0.1, 0.15) is 23.7 Å². The highest BCUT2D eigenvalue weighted by atomic mass is 32.3. The number of rotatable bonds is 8. The molecule has 0 amide bonds. The standard InChI is InChI=1S/C29H36N2O6S2/c1-7-30-24-16-14-20(37-38(32)33)18-22(24)28(3,4)26(30)12-10-9-11-13-27-29(5,6)23-19-21(39(34,35)36)15-17-25(23)31(27)8-2/h9-19H,7-8H2,1-6H3,(H3-,32,33,34,35,36)/p-1. The maximum atomic E-state index is 11.8. The third-order valence-electron chi connectivity index (χ3n) is 7.56. The summed E-state index contributed by atoms with van der Waals surface area (Å²) >= 11 is -2.63. The van der Waals surface area contributed by atoms with E-state index in [1.165, 1.54) is 6.07 Å². The number of anilines is 1. The van der Waals surface area contributed by atoms with Gasteiger partial charge in [0.15, 0.2) is 5.71 Å². The summed E-state index contributed by atoms with van der Waals surface area (Å²) in [5.41, 5.74) is 5.20. The SMILES string of the molecule is CCN1/C(=C/C=C/C=C/C2=[N+](CC)c3ccc(OS(=O)[O-])cc3C2(C)C)C(C)(C)c2cc(S([O-])(O)O)ccc21. The monoisotopic (exact) mass is 571 g/mol. The molecule has 0 radical (unpaired) electrons. The third kappa shape index (κ3) is 5.37. The lowest BCUT2D eigenvalue weighted by Crippen LogP contribution is -2.27. The fourth-order valence-corrected chi connectivity index (χ4v) is 6.42. The first-order valence-corrected chi connectivity index (χ1v) is 15.2. The summed E-state index contributed by atoms with van der Waals surface area (Å²) in [7, 11) is -4.04. The molecule has 0 saturated carbocycles. The van der Waals surface area contributed by atoms with Gasteiger partial charge in [-0.3, -0.25) is 0 Å². The van der Waals surface area contributed by atoms with E-state index < -0.39 is 27.6 Å². The number of likely N-dealkylation sites (N-methyl/N-ethyl adjacent to an activating group) is 1. The maximum Gasteiger partial charge on any atom is 0.210 e. The predicted octanol–water partition coefficient (Wildman–Crippen LogP) is 6.31. The summed E-state index contributed by atoms with van der Waals surface area (Å²) in [5.74, 6) is 0.288. The zero-order valence-corrected chi connectivity index (χ0v) is 24.6. The van der Waals surface area contributed by atoms with Crippen LogP contribution >= 0.6 is 10.9 Å². The Labute approximate surface area is 234 Å². The average molecular weight is 572 g/mol. The molecule has 2 heterocycles. The smallest absolute Gasteiger partial charge is 0.210 e. The first-order valence-electron chi connectivity index (χ1n) is 12.8. The minimum Gasteiger partial charge on any atom is -0.769 e. The van der Waals surface area contributed by atoms with Gasteiger partial charge in [0, 0.05) is 45.9 Å². The van der Waals surface area contributed by atoms with E-state index in [4.69, 9.17) is 4.18 Å². The highest BCUT2D eigenvalue weighted by molar-refractivity contribution is 8.19. The Morgan fingerprint density at radius 2 is 1.74 bits per heavy atom. The highest BCUT2D eigenvalue weighted by Crippen LogP contribution is 2.52. The van der Waals surface area contributed by atoms with E-state index in [1.807, 2.05) is 30.4 Å². The van der Waals surface area contributed by atoms with Crippen molar-refractivity contribution in [2.45, 2.75) is 57.3 Å². The van der Waals surface area contributed by atoms with Crippen molar-refractivity contribution in [2.24, 2.45) is 0 Å². The number of hydrogen-bond acceptors (Lipinski definition) is 7. The maximum absolute atomic E-state index is 11.8. The van der Waals surface area contributed by atoms with E-state index in [9.17, 15) is 22.4 Å². The Morgan fingerprint density at radius 3 is 2.36 bits per heavy atom. The van der Waals surface area contributed by atoms with Gasteiger partial charge in [-0.1, -0.05) is 42.9 Å². The molecule has 4 rings (SSSR count). The summed E-state index contributed by atoms with van der Waals surface area (Å²) in [4.78, 5) is 2.17. The van der Waals surface area contributed by atoms with Crippen LogP contribution in [0.15, 0.2) is 77.4 Å². The number of hydrogen-bond donors (Lipinski definition) is 2. The van der Waals surface area contributed by atoms with Crippen molar-refractivity contribution in [2.75, 3.05) is 18.0 Å². The molecule has 210 valence electrons. The Bertz CT molecular complexity index is 1430. The van der Waals surface area contributed by atoms with E-state index in [2.05, 4.69) is 57.1 Å². The minimum absolute atomic E-state index is 0.00255. The molecule has 2 aliphatic rings. The molecule has 0 aromatic heterocycles. The number of allylic oxidation sites excluding steroid dienone is 6. The largest absolute Gasteiger partial charge is 0.769 e. The van der Waals surface area contributed by atoms with Gasteiger partial charge in [0.05, 0.1) is 5.41 Å². The average Bonchev–Trinajstić information content (AvgIpc) is 3.20. The Hall–Kier alpha value is -2.73. The summed E-state index contributed by atoms with van der Waals surface area (Å²) < 4.78 is 60.3.